The fourth-order valence-electron chi connectivity index (χ4n) is 2.05. The van der Waals surface area contributed by atoms with E-state index in [2.05, 4.69) is 0 Å². The van der Waals surface area contributed by atoms with Crippen LogP contribution in [0, 0.1) is 0 Å². The third-order valence-electron chi connectivity index (χ3n) is 3.00. The van der Waals surface area contributed by atoms with Gasteiger partial charge < -0.3 is 20.1 Å². The summed E-state index contributed by atoms with van der Waals surface area (Å²) in [6.45, 7) is 0. The summed E-state index contributed by atoms with van der Waals surface area (Å²) in [7, 11) is 1.42. The zero-order chi connectivity index (χ0) is 14.0. The second kappa shape index (κ2) is 5.26. The van der Waals surface area contributed by atoms with Gasteiger partial charge >= 0.3 is 5.97 Å². The second-order valence-electron chi connectivity index (χ2n) is 4.13. The first kappa shape index (κ1) is 13.3. The van der Waals surface area contributed by atoms with Crippen molar-refractivity contribution in [3.05, 3.63) is 42.0 Å². The van der Waals surface area contributed by atoms with Gasteiger partial charge in [-0.25, -0.2) is 4.79 Å². The Bertz CT molecular complexity index is 608. The third kappa shape index (κ3) is 2.38. The summed E-state index contributed by atoms with van der Waals surface area (Å²) in [5.74, 6) is -1.14. The lowest BCUT2D eigenvalue weighted by Gasteiger charge is -2.19. The van der Waals surface area contributed by atoms with Crippen LogP contribution in [0.25, 0.3) is 10.8 Å². The number of ether oxygens (including phenoxy) is 1. The third-order valence-corrected chi connectivity index (χ3v) is 3.00. The van der Waals surface area contributed by atoms with Crippen LogP contribution >= 0.6 is 0 Å². The Labute approximate surface area is 109 Å². The van der Waals surface area contributed by atoms with Gasteiger partial charge in [0.1, 0.15) is 11.9 Å². The molecule has 5 nitrogen and oxygen atoms in total. The summed E-state index contributed by atoms with van der Waals surface area (Å²) >= 11 is 0. The number of hydrogen-bond acceptors (Lipinski definition) is 4. The first-order valence-corrected chi connectivity index (χ1v) is 5.71. The number of aliphatic hydroxyl groups is 2. The minimum atomic E-state index is -1.90. The molecule has 2 unspecified atom stereocenters. The van der Waals surface area contributed by atoms with Gasteiger partial charge in [-0.05, 0) is 16.8 Å². The molecule has 2 aromatic rings. The van der Waals surface area contributed by atoms with Crippen molar-refractivity contribution in [2.24, 2.45) is 0 Å². The van der Waals surface area contributed by atoms with Crippen LogP contribution in [-0.4, -0.2) is 34.5 Å². The fourth-order valence-corrected chi connectivity index (χ4v) is 2.05. The first-order chi connectivity index (χ1) is 9.06. The van der Waals surface area contributed by atoms with Gasteiger partial charge in [-0.1, -0.05) is 30.3 Å². The zero-order valence-corrected chi connectivity index (χ0v) is 10.3. The number of aliphatic carboxylic acids is 1. The second-order valence-corrected chi connectivity index (χ2v) is 4.13. The topological polar surface area (TPSA) is 87.0 Å². The molecule has 19 heavy (non-hydrogen) atoms. The van der Waals surface area contributed by atoms with Crippen molar-refractivity contribution in [3.63, 3.8) is 0 Å². The van der Waals surface area contributed by atoms with Crippen LogP contribution in [0.3, 0.4) is 0 Å². The molecule has 0 radical (unpaired) electrons. The van der Waals surface area contributed by atoms with Crippen molar-refractivity contribution in [1.82, 2.24) is 0 Å². The van der Waals surface area contributed by atoms with Crippen molar-refractivity contribution in [1.29, 1.82) is 0 Å². The molecule has 0 fully saturated rings. The number of fused-ring (bicyclic) bond motifs is 1. The van der Waals surface area contributed by atoms with E-state index in [1.807, 2.05) is 12.1 Å². The van der Waals surface area contributed by atoms with E-state index in [1.54, 1.807) is 24.3 Å². The van der Waals surface area contributed by atoms with Crippen molar-refractivity contribution in [2.45, 2.75) is 12.2 Å². The Morgan fingerprint density at radius 1 is 1.16 bits per heavy atom. The van der Waals surface area contributed by atoms with E-state index in [0.717, 1.165) is 5.39 Å². The Morgan fingerprint density at radius 3 is 2.47 bits per heavy atom. The molecule has 0 saturated heterocycles. The van der Waals surface area contributed by atoms with E-state index in [-0.39, 0.29) is 5.56 Å². The molecule has 2 rings (SSSR count). The first-order valence-electron chi connectivity index (χ1n) is 5.71. The molecule has 0 amide bonds. The van der Waals surface area contributed by atoms with Crippen molar-refractivity contribution in [2.75, 3.05) is 7.11 Å². The van der Waals surface area contributed by atoms with Crippen LogP contribution in [0.1, 0.15) is 11.7 Å². The number of carboxylic acids is 1. The quantitative estimate of drug-likeness (QED) is 0.773. The van der Waals surface area contributed by atoms with E-state index in [0.29, 0.717) is 11.1 Å². The fraction of sp³-hybridized carbons (Fsp3) is 0.214. The van der Waals surface area contributed by atoms with Crippen LogP contribution in [0.5, 0.6) is 5.75 Å². The average molecular weight is 262 g/mol. The highest BCUT2D eigenvalue weighted by Gasteiger charge is 2.29. The minimum absolute atomic E-state index is 0.274. The highest BCUT2D eigenvalue weighted by molar-refractivity contribution is 5.89. The van der Waals surface area contributed by atoms with E-state index in [1.165, 1.54) is 7.11 Å². The predicted molar refractivity (Wildman–Crippen MR) is 69.1 cm³/mol. The molecule has 3 N–H and O–H groups in total. The predicted octanol–water partition coefficient (Wildman–Crippen LogP) is 1.33. The van der Waals surface area contributed by atoms with Gasteiger partial charge in [0.05, 0.1) is 7.11 Å². The van der Waals surface area contributed by atoms with Gasteiger partial charge in [-0.15, -0.1) is 0 Å². The maximum Gasteiger partial charge on any atom is 0.335 e. The number of rotatable bonds is 4. The van der Waals surface area contributed by atoms with Gasteiger partial charge in [0, 0.05) is 5.56 Å². The Hall–Kier alpha value is -2.11. The highest BCUT2D eigenvalue weighted by Crippen LogP contribution is 2.34. The molecular weight excluding hydrogens is 248 g/mol. The molecule has 2 aromatic carbocycles. The number of carbonyl (C=O) groups is 1. The maximum atomic E-state index is 10.8. The normalized spacial score (nSPS) is 14.1. The average Bonchev–Trinajstić information content (AvgIpc) is 2.44. The maximum absolute atomic E-state index is 10.8. The molecule has 0 aliphatic rings. The Kier molecular flexibility index (Phi) is 3.69. The molecule has 2 atom stereocenters. The largest absolute Gasteiger partial charge is 0.496 e. The zero-order valence-electron chi connectivity index (χ0n) is 10.3. The smallest absolute Gasteiger partial charge is 0.335 e. The van der Waals surface area contributed by atoms with E-state index in [9.17, 15) is 15.0 Å². The SMILES string of the molecule is COc1ccc2ccccc2c1C(O)C(O)C(=O)O. The van der Waals surface area contributed by atoms with Crippen LogP contribution in [0.4, 0.5) is 0 Å². The summed E-state index contributed by atoms with van der Waals surface area (Å²) in [5.41, 5.74) is 0.274. The van der Waals surface area contributed by atoms with Gasteiger partial charge in [0.25, 0.3) is 0 Å². The summed E-state index contributed by atoms with van der Waals surface area (Å²) in [6, 6.07) is 10.6. The summed E-state index contributed by atoms with van der Waals surface area (Å²) in [4.78, 5) is 10.8. The van der Waals surface area contributed by atoms with E-state index in [4.69, 9.17) is 9.84 Å². The number of carboxylic acid groups (broad SMARTS) is 1. The van der Waals surface area contributed by atoms with Crippen molar-refractivity contribution < 1.29 is 24.9 Å². The standard InChI is InChI=1S/C14H14O5/c1-19-10-7-6-8-4-2-3-5-9(8)11(10)12(15)13(16)14(17)18/h2-7,12-13,15-16H,1H3,(H,17,18). The van der Waals surface area contributed by atoms with Crippen LogP contribution in [0.15, 0.2) is 36.4 Å². The molecule has 0 heterocycles. The van der Waals surface area contributed by atoms with E-state index < -0.39 is 18.2 Å². The molecular formula is C14H14O5. The molecule has 0 aromatic heterocycles. The molecule has 0 aliphatic heterocycles. The molecule has 100 valence electrons. The summed E-state index contributed by atoms with van der Waals surface area (Å²) in [5, 5.41) is 29.9. The monoisotopic (exact) mass is 262 g/mol. The van der Waals surface area contributed by atoms with Crippen LogP contribution in [0.2, 0.25) is 0 Å². The van der Waals surface area contributed by atoms with Crippen molar-refractivity contribution >= 4 is 16.7 Å². The lowest BCUT2D eigenvalue weighted by molar-refractivity contribution is -0.153. The molecule has 5 heteroatoms. The minimum Gasteiger partial charge on any atom is -0.496 e. The summed E-state index contributed by atoms with van der Waals surface area (Å²) in [6.07, 6.45) is -3.46. The number of aliphatic hydroxyl groups excluding tert-OH is 2. The van der Waals surface area contributed by atoms with Gasteiger partial charge in [0.15, 0.2) is 6.10 Å². The molecule has 0 spiro atoms. The number of methoxy groups -OCH3 is 1. The summed E-state index contributed by atoms with van der Waals surface area (Å²) < 4.78 is 5.14. The molecule has 0 aliphatic carbocycles. The van der Waals surface area contributed by atoms with Crippen LogP contribution < -0.4 is 4.74 Å². The molecule has 0 saturated carbocycles. The van der Waals surface area contributed by atoms with Crippen LogP contribution in [-0.2, 0) is 4.79 Å². The Morgan fingerprint density at radius 2 is 1.84 bits per heavy atom. The lowest BCUT2D eigenvalue weighted by Crippen LogP contribution is -2.27. The van der Waals surface area contributed by atoms with Gasteiger partial charge in [-0.2, -0.15) is 0 Å². The lowest BCUT2D eigenvalue weighted by atomic mass is 9.96. The van der Waals surface area contributed by atoms with Crippen molar-refractivity contribution in [3.8, 4) is 5.75 Å². The molecule has 0 bridgehead atoms. The van der Waals surface area contributed by atoms with Gasteiger partial charge in [-0.3, -0.25) is 0 Å². The highest BCUT2D eigenvalue weighted by atomic mass is 16.5. The Balaban J connectivity index is 2.65. The number of hydrogen-bond donors (Lipinski definition) is 3. The number of benzene rings is 2. The van der Waals surface area contributed by atoms with E-state index >= 15 is 0 Å². The van der Waals surface area contributed by atoms with Gasteiger partial charge in [0.2, 0.25) is 0 Å².